The van der Waals surface area contributed by atoms with Crippen molar-refractivity contribution in [3.63, 3.8) is 0 Å². The summed E-state index contributed by atoms with van der Waals surface area (Å²) >= 11 is 0. The topological polar surface area (TPSA) is 93.7 Å². The van der Waals surface area contributed by atoms with E-state index in [-0.39, 0.29) is 25.4 Å². The molecule has 0 aromatic heterocycles. The smallest absolute Gasteiger partial charge is 0.306 e. The van der Waals surface area contributed by atoms with Crippen LogP contribution >= 0.6 is 0 Å². The number of hydrogen-bond acceptors (Lipinski definition) is 5. The first kappa shape index (κ1) is 25.4. The molecule has 0 bridgehead atoms. The van der Waals surface area contributed by atoms with Crippen molar-refractivity contribution in [2.45, 2.75) is 26.2 Å². The Balaban J connectivity index is 1.16. The normalized spacial score (nSPS) is 10.5. The fraction of sp³-hybridized carbons (Fsp3) is 0.167. The fourth-order valence-electron chi connectivity index (χ4n) is 3.69. The second-order valence-electron chi connectivity index (χ2n) is 8.58. The van der Waals surface area contributed by atoms with Gasteiger partial charge in [-0.3, -0.25) is 14.4 Å². The minimum Gasteiger partial charge on any atom is -0.457 e. The molecule has 0 aliphatic heterocycles. The predicted octanol–water partition coefficient (Wildman–Crippen LogP) is 6.23. The van der Waals surface area contributed by atoms with Crippen molar-refractivity contribution in [3.05, 3.63) is 96.6 Å². The van der Waals surface area contributed by atoms with E-state index in [4.69, 9.17) is 9.47 Å². The van der Waals surface area contributed by atoms with E-state index < -0.39 is 11.9 Å². The van der Waals surface area contributed by atoms with Gasteiger partial charge in [-0.2, -0.15) is 0 Å². The second kappa shape index (κ2) is 12.4. The Hall–Kier alpha value is -4.65. The fourth-order valence-corrected chi connectivity index (χ4v) is 3.69. The predicted molar refractivity (Wildman–Crippen MR) is 144 cm³/mol. The van der Waals surface area contributed by atoms with Gasteiger partial charge in [0.15, 0.2) is 6.61 Å². The van der Waals surface area contributed by atoms with Crippen molar-refractivity contribution in [1.82, 2.24) is 0 Å². The molecule has 0 aliphatic rings. The molecule has 0 saturated heterocycles. The molecule has 0 heterocycles. The third-order valence-corrected chi connectivity index (χ3v) is 5.60. The maximum atomic E-state index is 12.3. The first-order valence-corrected chi connectivity index (χ1v) is 12.0. The molecule has 7 nitrogen and oxygen atoms in total. The van der Waals surface area contributed by atoms with Crippen LogP contribution in [0.4, 0.5) is 11.4 Å². The van der Waals surface area contributed by atoms with Gasteiger partial charge in [0.1, 0.15) is 11.5 Å². The maximum Gasteiger partial charge on any atom is 0.306 e. The molecule has 0 unspecified atom stereocenters. The highest BCUT2D eigenvalue weighted by Gasteiger charge is 2.10. The van der Waals surface area contributed by atoms with Crippen LogP contribution in [0.1, 0.15) is 24.8 Å². The van der Waals surface area contributed by atoms with Gasteiger partial charge in [-0.1, -0.05) is 54.1 Å². The molecular weight excluding hydrogens is 468 g/mol. The highest BCUT2D eigenvalue weighted by atomic mass is 16.5. The van der Waals surface area contributed by atoms with Crippen molar-refractivity contribution in [2.75, 3.05) is 17.2 Å². The Morgan fingerprint density at radius 1 is 0.703 bits per heavy atom. The number of carbonyl (C=O) groups excluding carboxylic acids is 3. The molecular formula is C30H28N2O5. The van der Waals surface area contributed by atoms with Crippen LogP contribution < -0.4 is 15.4 Å². The van der Waals surface area contributed by atoms with Gasteiger partial charge in [-0.05, 0) is 61.2 Å². The van der Waals surface area contributed by atoms with Crippen LogP contribution in [-0.4, -0.2) is 24.4 Å². The lowest BCUT2D eigenvalue weighted by atomic mass is 10.1. The number of amides is 2. The average molecular weight is 497 g/mol. The van der Waals surface area contributed by atoms with Gasteiger partial charge in [0.25, 0.3) is 5.91 Å². The Labute approximate surface area is 215 Å². The standard InChI is InChI=1S/C30H28N2O5/c1-21-12-14-23(15-13-21)32-29(34)20-36-30(35)11-5-10-28(33)31-24-16-18-25(19-17-24)37-27-9-4-7-22-6-2-3-8-26(22)27/h2-4,6-9,12-19H,5,10-11,20H2,1H3,(H,31,33)(H,32,34). The second-order valence-corrected chi connectivity index (χ2v) is 8.58. The number of fused-ring (bicyclic) bond motifs is 1. The van der Waals surface area contributed by atoms with Crippen LogP contribution in [0.2, 0.25) is 0 Å². The summed E-state index contributed by atoms with van der Waals surface area (Å²) in [5.74, 6) is 0.259. The quantitative estimate of drug-likeness (QED) is 0.254. The molecule has 2 amide bonds. The molecule has 0 radical (unpaired) electrons. The highest BCUT2D eigenvalue weighted by molar-refractivity contribution is 5.93. The zero-order valence-electron chi connectivity index (χ0n) is 20.5. The third kappa shape index (κ3) is 7.67. The highest BCUT2D eigenvalue weighted by Crippen LogP contribution is 2.30. The van der Waals surface area contributed by atoms with Crippen molar-refractivity contribution < 1.29 is 23.9 Å². The average Bonchev–Trinajstić information content (AvgIpc) is 2.90. The summed E-state index contributed by atoms with van der Waals surface area (Å²) in [4.78, 5) is 36.1. The molecule has 0 atom stereocenters. The van der Waals surface area contributed by atoms with E-state index in [1.54, 1.807) is 36.4 Å². The molecule has 2 N–H and O–H groups in total. The largest absolute Gasteiger partial charge is 0.457 e. The van der Waals surface area contributed by atoms with Crippen LogP contribution in [0.5, 0.6) is 11.5 Å². The number of benzene rings is 4. The summed E-state index contributed by atoms with van der Waals surface area (Å²) in [6.45, 7) is 1.58. The lowest BCUT2D eigenvalue weighted by Crippen LogP contribution is -2.21. The third-order valence-electron chi connectivity index (χ3n) is 5.60. The molecule has 0 aliphatic carbocycles. The van der Waals surface area contributed by atoms with Gasteiger partial charge >= 0.3 is 5.97 Å². The Morgan fingerprint density at radius 3 is 2.11 bits per heavy atom. The summed E-state index contributed by atoms with van der Waals surface area (Å²) < 4.78 is 11.0. The maximum absolute atomic E-state index is 12.3. The van der Waals surface area contributed by atoms with Crippen LogP contribution in [0.3, 0.4) is 0 Å². The van der Waals surface area contributed by atoms with E-state index in [0.29, 0.717) is 23.5 Å². The molecule has 37 heavy (non-hydrogen) atoms. The van der Waals surface area contributed by atoms with Crippen LogP contribution in [0.15, 0.2) is 91.0 Å². The van der Waals surface area contributed by atoms with E-state index in [2.05, 4.69) is 10.6 Å². The van der Waals surface area contributed by atoms with Crippen molar-refractivity contribution in [3.8, 4) is 11.5 Å². The van der Waals surface area contributed by atoms with Crippen LogP contribution in [0, 0.1) is 6.92 Å². The summed E-state index contributed by atoms with van der Waals surface area (Å²) in [5, 5.41) is 7.59. The zero-order valence-corrected chi connectivity index (χ0v) is 20.5. The zero-order chi connectivity index (χ0) is 26.0. The number of hydrogen-bond donors (Lipinski definition) is 2. The van der Waals surface area contributed by atoms with E-state index in [9.17, 15) is 14.4 Å². The Morgan fingerprint density at radius 2 is 1.35 bits per heavy atom. The SMILES string of the molecule is Cc1ccc(NC(=O)COC(=O)CCCC(=O)Nc2ccc(Oc3cccc4ccccc34)cc2)cc1. The van der Waals surface area contributed by atoms with Gasteiger partial charge in [-0.15, -0.1) is 0 Å². The van der Waals surface area contributed by atoms with E-state index in [0.717, 1.165) is 22.1 Å². The number of carbonyl (C=O) groups is 3. The Bertz CT molecular complexity index is 1380. The number of nitrogens with one attached hydrogen (secondary N) is 2. The molecule has 0 spiro atoms. The summed E-state index contributed by atoms with van der Waals surface area (Å²) in [5.41, 5.74) is 2.35. The molecule has 0 saturated carbocycles. The number of ether oxygens (including phenoxy) is 2. The summed E-state index contributed by atoms with van der Waals surface area (Å²) in [7, 11) is 0. The number of esters is 1. The molecule has 188 valence electrons. The molecule has 7 heteroatoms. The first-order valence-electron chi connectivity index (χ1n) is 12.0. The van der Waals surface area contributed by atoms with Crippen molar-refractivity contribution in [1.29, 1.82) is 0 Å². The molecule has 4 aromatic carbocycles. The minimum absolute atomic E-state index is 0.0447. The molecule has 4 aromatic rings. The van der Waals surface area contributed by atoms with Gasteiger partial charge in [0.05, 0.1) is 0 Å². The monoisotopic (exact) mass is 496 g/mol. The van der Waals surface area contributed by atoms with E-state index in [1.807, 2.05) is 61.5 Å². The van der Waals surface area contributed by atoms with Gasteiger partial charge in [0.2, 0.25) is 5.91 Å². The van der Waals surface area contributed by atoms with Crippen LogP contribution in [-0.2, 0) is 19.1 Å². The number of anilines is 2. The van der Waals surface area contributed by atoms with Gasteiger partial charge in [0, 0.05) is 29.6 Å². The summed E-state index contributed by atoms with van der Waals surface area (Å²) in [6, 6.07) is 28.3. The lowest BCUT2D eigenvalue weighted by molar-refractivity contribution is -0.147. The summed E-state index contributed by atoms with van der Waals surface area (Å²) in [6.07, 6.45) is 0.508. The van der Waals surface area contributed by atoms with E-state index >= 15 is 0 Å². The van der Waals surface area contributed by atoms with Gasteiger partial charge < -0.3 is 20.1 Å². The Kier molecular flexibility index (Phi) is 8.49. The van der Waals surface area contributed by atoms with Gasteiger partial charge in [-0.25, -0.2) is 0 Å². The van der Waals surface area contributed by atoms with E-state index in [1.165, 1.54) is 0 Å². The van der Waals surface area contributed by atoms with Crippen molar-refractivity contribution >= 4 is 39.9 Å². The number of rotatable bonds is 10. The van der Waals surface area contributed by atoms with Crippen LogP contribution in [0.25, 0.3) is 10.8 Å². The minimum atomic E-state index is -0.526. The molecule has 4 rings (SSSR count). The first-order chi connectivity index (χ1) is 18.0. The number of aryl methyl sites for hydroxylation is 1. The lowest BCUT2D eigenvalue weighted by Gasteiger charge is -2.10. The molecule has 0 fully saturated rings. The van der Waals surface area contributed by atoms with Crippen molar-refractivity contribution in [2.24, 2.45) is 0 Å².